The summed E-state index contributed by atoms with van der Waals surface area (Å²) in [6.07, 6.45) is 0. The number of hydrogen-bond donors (Lipinski definition) is 0. The lowest BCUT2D eigenvalue weighted by Gasteiger charge is -2.42. The lowest BCUT2D eigenvalue weighted by molar-refractivity contribution is 0.487. The zero-order valence-corrected chi connectivity index (χ0v) is 52.9. The van der Waals surface area contributed by atoms with E-state index < -0.39 is 0 Å². The van der Waals surface area contributed by atoms with E-state index in [0.717, 1.165) is 133 Å². The number of anilines is 3. The Morgan fingerprint density at radius 1 is 0.276 bits per heavy atom. The van der Waals surface area contributed by atoms with Gasteiger partial charge in [-0.25, -0.2) is 0 Å². The Labute approximate surface area is 577 Å². The summed E-state index contributed by atoms with van der Waals surface area (Å²) in [6, 6.07) is 97.6. The maximum atomic E-state index is 7.65. The van der Waals surface area contributed by atoms with E-state index in [1.54, 1.807) is 0 Å². The Morgan fingerprint density at radius 2 is 0.704 bits per heavy atom. The maximum Gasteiger partial charge on any atom is 0.256 e. The second kappa shape index (κ2) is 22.1. The van der Waals surface area contributed by atoms with Gasteiger partial charge in [-0.1, -0.05) is 210 Å². The fourth-order valence-electron chi connectivity index (χ4n) is 15.9. The summed E-state index contributed by atoms with van der Waals surface area (Å²) in [7, 11) is 56.1. The normalized spacial score (nSPS) is 12.4. The van der Waals surface area contributed by atoms with Crippen LogP contribution in [0.25, 0.3) is 127 Å². The largest absolute Gasteiger partial charge is 0.458 e. The van der Waals surface area contributed by atoms with Gasteiger partial charge in [-0.15, -0.1) is 21.9 Å². The van der Waals surface area contributed by atoms with Crippen LogP contribution in [0.1, 0.15) is 0 Å². The first-order valence-corrected chi connectivity index (χ1v) is 32.7. The predicted molar refractivity (Wildman–Crippen MR) is 420 cm³/mol. The Hall–Kier alpha value is -11.3. The van der Waals surface area contributed by atoms with E-state index in [0.29, 0.717) is 39.0 Å². The monoisotopic (exact) mass is 1220 g/mol. The van der Waals surface area contributed by atoms with Crippen LogP contribution in [0.15, 0.2) is 273 Å². The molecule has 0 fully saturated rings. The molecule has 98 heavy (non-hydrogen) atoms. The average Bonchev–Trinajstić information content (AvgIpc) is 1.05. The molecule has 17 aromatic rings. The SMILES string of the molecule is [B]c1c([B])c([B])c2c(c1[B])c1c([B])c([B])c([B])c([B])c1n2-c1cc2c3c(c1)N(c1c(-c4ccccc4)cccc1-c1ccccc1)c1cc(-c4ccc5c(c4)c4ccccc4n5-c4ccccc4)ccc1B3c1ccc(-c3ccc4c(c3)c3ccccc3n4-c3ccccc3)cc1O2. The van der Waals surface area contributed by atoms with Gasteiger partial charge in [0, 0.05) is 72.5 Å². The van der Waals surface area contributed by atoms with Crippen LogP contribution >= 0.6 is 0 Å². The van der Waals surface area contributed by atoms with Crippen LogP contribution < -0.4 is 69.7 Å². The molecule has 0 aliphatic carbocycles. The third kappa shape index (κ3) is 8.46. The van der Waals surface area contributed by atoms with Crippen LogP contribution in [-0.2, 0) is 0 Å². The van der Waals surface area contributed by atoms with Gasteiger partial charge < -0.3 is 23.3 Å². The molecular formula is C84H45B9N4O. The van der Waals surface area contributed by atoms with Crippen LogP contribution in [-0.4, -0.2) is 83.2 Å². The van der Waals surface area contributed by atoms with Crippen molar-refractivity contribution in [1.82, 2.24) is 13.7 Å². The van der Waals surface area contributed by atoms with Crippen LogP contribution in [0.5, 0.6) is 11.5 Å². The number of benzene rings is 14. The summed E-state index contributed by atoms with van der Waals surface area (Å²) in [6.45, 7) is -0.376. The Kier molecular flexibility index (Phi) is 13.1. The average molecular weight is 1220 g/mol. The van der Waals surface area contributed by atoms with E-state index in [4.69, 9.17) is 67.5 Å². The van der Waals surface area contributed by atoms with Crippen molar-refractivity contribution in [3.63, 3.8) is 0 Å². The lowest BCUT2D eigenvalue weighted by atomic mass is 9.34. The van der Waals surface area contributed by atoms with Crippen LogP contribution in [0, 0.1) is 0 Å². The third-order valence-corrected chi connectivity index (χ3v) is 20.5. The zero-order valence-electron chi connectivity index (χ0n) is 52.9. The van der Waals surface area contributed by atoms with Gasteiger partial charge in [-0.05, 0) is 139 Å². The molecule has 14 aromatic carbocycles. The fourth-order valence-corrected chi connectivity index (χ4v) is 15.9. The van der Waals surface area contributed by atoms with Gasteiger partial charge in [-0.2, -0.15) is 0 Å². The molecule has 0 unspecified atom stereocenters. The molecule has 0 bridgehead atoms. The first-order valence-electron chi connectivity index (χ1n) is 32.7. The molecule has 0 saturated heterocycles. The molecule has 19 rings (SSSR count). The Morgan fingerprint density at radius 3 is 1.22 bits per heavy atom. The van der Waals surface area contributed by atoms with Crippen molar-refractivity contribution in [2.45, 2.75) is 0 Å². The van der Waals surface area contributed by atoms with Gasteiger partial charge >= 0.3 is 0 Å². The summed E-state index contributed by atoms with van der Waals surface area (Å²) in [5.74, 6) is 1.28. The van der Waals surface area contributed by atoms with Crippen molar-refractivity contribution < 1.29 is 4.74 Å². The van der Waals surface area contributed by atoms with Crippen molar-refractivity contribution in [2.75, 3.05) is 4.90 Å². The summed E-state index contributed by atoms with van der Waals surface area (Å²) >= 11 is 0. The van der Waals surface area contributed by atoms with Crippen molar-refractivity contribution in [3.05, 3.63) is 273 Å². The molecule has 0 atom stereocenters. The second-order valence-electron chi connectivity index (χ2n) is 25.6. The van der Waals surface area contributed by atoms with Crippen LogP contribution in [0.3, 0.4) is 0 Å². The van der Waals surface area contributed by atoms with Gasteiger partial charge in [0.2, 0.25) is 0 Å². The minimum Gasteiger partial charge on any atom is -0.458 e. The molecule has 16 radical (unpaired) electrons. The molecule has 0 N–H and O–H groups in total. The van der Waals surface area contributed by atoms with Crippen molar-refractivity contribution in [2.24, 2.45) is 0 Å². The number of para-hydroxylation sites is 5. The topological polar surface area (TPSA) is 27.3 Å². The zero-order chi connectivity index (χ0) is 65.9. The number of fused-ring (bicyclic) bond motifs is 13. The number of rotatable bonds is 8. The molecule has 434 valence electrons. The molecule has 5 heterocycles. The van der Waals surface area contributed by atoms with E-state index in [1.807, 2.05) is 4.57 Å². The summed E-state index contributed by atoms with van der Waals surface area (Å²) in [5.41, 5.74) is 23.0. The first kappa shape index (κ1) is 58.1. The van der Waals surface area contributed by atoms with E-state index in [2.05, 4.69) is 287 Å². The third-order valence-electron chi connectivity index (χ3n) is 20.5. The summed E-state index contributed by atoms with van der Waals surface area (Å²) in [4.78, 5) is 2.44. The van der Waals surface area contributed by atoms with Gasteiger partial charge in [0.15, 0.2) is 0 Å². The van der Waals surface area contributed by atoms with Crippen molar-refractivity contribution >= 4 is 212 Å². The smallest absolute Gasteiger partial charge is 0.256 e. The molecular weight excluding hydrogens is 1180 g/mol. The highest BCUT2D eigenvalue weighted by molar-refractivity contribution is 6.99. The second-order valence-corrected chi connectivity index (χ2v) is 25.6. The quantitative estimate of drug-likeness (QED) is 0.142. The van der Waals surface area contributed by atoms with Gasteiger partial charge in [0.25, 0.3) is 6.71 Å². The number of ether oxygens (including phenoxy) is 1. The van der Waals surface area contributed by atoms with Gasteiger partial charge in [-0.3, -0.25) is 0 Å². The highest BCUT2D eigenvalue weighted by atomic mass is 16.5. The predicted octanol–water partition coefficient (Wildman–Crippen LogP) is 10.4. The van der Waals surface area contributed by atoms with Gasteiger partial charge in [0.05, 0.1) is 33.4 Å². The minimum absolute atomic E-state index is 0.104. The number of hydrogen-bond acceptors (Lipinski definition) is 2. The molecule has 14 heteroatoms. The maximum absolute atomic E-state index is 7.65. The van der Waals surface area contributed by atoms with E-state index >= 15 is 0 Å². The summed E-state index contributed by atoms with van der Waals surface area (Å²) < 4.78 is 14.3. The molecule has 0 spiro atoms. The van der Waals surface area contributed by atoms with Crippen LogP contribution in [0.4, 0.5) is 17.1 Å². The van der Waals surface area contributed by atoms with Gasteiger partial charge in [0.1, 0.15) is 74.3 Å². The highest BCUT2D eigenvalue weighted by Crippen LogP contribution is 2.51. The number of nitrogens with zero attached hydrogens (tertiary/aromatic N) is 4. The van der Waals surface area contributed by atoms with E-state index in [9.17, 15) is 0 Å². The molecule has 0 amide bonds. The molecule has 2 aliphatic rings. The van der Waals surface area contributed by atoms with E-state index in [1.165, 1.54) is 0 Å². The minimum atomic E-state index is -0.376. The highest BCUT2D eigenvalue weighted by Gasteiger charge is 2.44. The van der Waals surface area contributed by atoms with Crippen LogP contribution in [0.2, 0.25) is 0 Å². The molecule has 2 aliphatic heterocycles. The van der Waals surface area contributed by atoms with Crippen molar-refractivity contribution in [3.8, 4) is 73.1 Å². The first-order chi connectivity index (χ1) is 48.0. The van der Waals surface area contributed by atoms with Crippen molar-refractivity contribution in [1.29, 1.82) is 0 Å². The summed E-state index contributed by atoms with van der Waals surface area (Å²) in [5, 5.41) is 5.46. The molecule has 0 saturated carbocycles. The standard InChI is InChI=1S/C84H45B9N4O/c85-73-71-72-74(86)76(88)78(90)80(92)84(72)96(83(71)79(91)77(89)75(73)87)54-44-68-81-70(45-54)98-69-43-51(49-35-39-66-60(41-49)58-27-14-16-31-64(58)95(66)53-24-11-4-12-25-53)33-37-62(69)93(81)61-36-32-50(48-34-38-65-59(40-48)57-26-13-15-30-63(57)94(65)52-22-9-3-10-23-52)42-67(61)97(68)82-55(46-18-5-1-6-19-46)28-17-29-56(82)47-20-7-2-8-21-47/h1-45H. The Balaban J connectivity index is 0.916. The van der Waals surface area contributed by atoms with E-state index in [-0.39, 0.29) is 50.4 Å². The number of aromatic nitrogens is 3. The Bertz CT molecular complexity index is 6130. The lowest BCUT2D eigenvalue weighted by Crippen LogP contribution is -2.59. The molecule has 5 nitrogen and oxygen atoms in total. The fraction of sp³-hybridized carbons (Fsp3) is 0. The molecule has 3 aromatic heterocycles.